The quantitative estimate of drug-likeness (QED) is 0.343. The third-order valence-electron chi connectivity index (χ3n) is 5.73. The Balaban J connectivity index is 1.68. The average Bonchev–Trinajstić information content (AvgIpc) is 3.49. The first-order valence-corrected chi connectivity index (χ1v) is 10.8. The van der Waals surface area contributed by atoms with E-state index in [1.165, 1.54) is 4.68 Å². The Labute approximate surface area is 194 Å². The lowest BCUT2D eigenvalue weighted by Crippen LogP contribution is -2.19. The van der Waals surface area contributed by atoms with E-state index in [0.29, 0.717) is 28.2 Å². The van der Waals surface area contributed by atoms with Crippen LogP contribution in [-0.2, 0) is 6.54 Å². The van der Waals surface area contributed by atoms with Gasteiger partial charge in [0.15, 0.2) is 5.65 Å². The van der Waals surface area contributed by atoms with Gasteiger partial charge in [-0.15, -0.1) is 0 Å². The molecule has 1 atom stereocenters. The number of nitrogens with zero attached hydrogens (tertiary/aromatic N) is 7. The maximum atomic E-state index is 13.5. The Morgan fingerprint density at radius 2 is 1.94 bits per heavy atom. The molecule has 174 valence electrons. The van der Waals surface area contributed by atoms with Gasteiger partial charge in [-0.3, -0.25) is 9.67 Å². The molecule has 0 N–H and O–H groups in total. The second kappa shape index (κ2) is 8.12. The van der Waals surface area contributed by atoms with Crippen LogP contribution in [0, 0.1) is 13.8 Å². The topological polar surface area (TPSA) is 87.5 Å². The molecule has 0 saturated heterocycles. The minimum absolute atomic E-state index is 0.151. The van der Waals surface area contributed by atoms with Crippen molar-refractivity contribution in [3.05, 3.63) is 66.3 Å². The van der Waals surface area contributed by atoms with Gasteiger partial charge >= 0.3 is 0 Å². The molecule has 5 heterocycles. The van der Waals surface area contributed by atoms with Crippen LogP contribution in [0.2, 0.25) is 0 Å². The standard InChI is InChI=1S/C24H23F2N7O/c1-14-21(16(3)34-31-14)20-10-28-22-18(17-9-29-32(11-17)13-24(4,25)26)12-33(23(22)30-20)15(2)19-7-5-6-8-27-19/h5-12,15H,13H2,1-4H3/t15-/m0/s1. The highest BCUT2D eigenvalue weighted by atomic mass is 19.3. The fourth-order valence-corrected chi connectivity index (χ4v) is 4.13. The van der Waals surface area contributed by atoms with Crippen LogP contribution < -0.4 is 0 Å². The fourth-order valence-electron chi connectivity index (χ4n) is 4.13. The first kappa shape index (κ1) is 21.9. The Morgan fingerprint density at radius 3 is 2.62 bits per heavy atom. The first-order valence-electron chi connectivity index (χ1n) is 10.8. The van der Waals surface area contributed by atoms with E-state index in [9.17, 15) is 8.78 Å². The molecule has 0 spiro atoms. The Bertz CT molecular complexity index is 1440. The summed E-state index contributed by atoms with van der Waals surface area (Å²) in [6.45, 7) is 6.09. The summed E-state index contributed by atoms with van der Waals surface area (Å²) in [5.74, 6) is -2.21. The number of pyridine rings is 1. The molecule has 0 saturated carbocycles. The summed E-state index contributed by atoms with van der Waals surface area (Å²) >= 11 is 0. The number of hydrogen-bond donors (Lipinski definition) is 0. The van der Waals surface area contributed by atoms with Crippen molar-refractivity contribution in [2.75, 3.05) is 0 Å². The van der Waals surface area contributed by atoms with Crippen LogP contribution in [0.4, 0.5) is 8.78 Å². The molecule has 0 amide bonds. The molecule has 0 bridgehead atoms. The predicted octanol–water partition coefficient (Wildman–Crippen LogP) is 5.23. The Hall–Kier alpha value is -3.95. The van der Waals surface area contributed by atoms with Gasteiger partial charge in [-0.05, 0) is 32.9 Å². The zero-order chi connectivity index (χ0) is 24.0. The fraction of sp³-hybridized carbons (Fsp3) is 0.292. The molecule has 0 fully saturated rings. The lowest BCUT2D eigenvalue weighted by Gasteiger charge is -2.14. The second-order valence-electron chi connectivity index (χ2n) is 8.50. The molecule has 34 heavy (non-hydrogen) atoms. The van der Waals surface area contributed by atoms with Crippen molar-refractivity contribution in [2.24, 2.45) is 0 Å². The molecule has 0 aliphatic carbocycles. The maximum Gasteiger partial charge on any atom is 0.264 e. The zero-order valence-electron chi connectivity index (χ0n) is 19.2. The zero-order valence-corrected chi connectivity index (χ0v) is 19.2. The van der Waals surface area contributed by atoms with E-state index in [-0.39, 0.29) is 6.04 Å². The smallest absolute Gasteiger partial charge is 0.264 e. The Kier molecular flexibility index (Phi) is 5.22. The van der Waals surface area contributed by atoms with E-state index in [4.69, 9.17) is 14.5 Å². The van der Waals surface area contributed by atoms with Crippen LogP contribution in [0.25, 0.3) is 33.5 Å². The van der Waals surface area contributed by atoms with Crippen LogP contribution in [-0.4, -0.2) is 40.4 Å². The van der Waals surface area contributed by atoms with Crippen LogP contribution >= 0.6 is 0 Å². The monoisotopic (exact) mass is 463 g/mol. The molecule has 10 heteroatoms. The normalized spacial score (nSPS) is 13.0. The number of halogens is 2. The summed E-state index contributed by atoms with van der Waals surface area (Å²) in [7, 11) is 0. The van der Waals surface area contributed by atoms with Gasteiger partial charge in [-0.2, -0.15) is 5.10 Å². The number of aromatic nitrogens is 7. The number of hydrogen-bond acceptors (Lipinski definition) is 6. The molecule has 0 radical (unpaired) electrons. The van der Waals surface area contributed by atoms with Crippen molar-refractivity contribution in [1.82, 2.24) is 34.5 Å². The number of fused-ring (bicyclic) bond motifs is 1. The minimum atomic E-state index is -2.87. The van der Waals surface area contributed by atoms with E-state index < -0.39 is 12.5 Å². The van der Waals surface area contributed by atoms with Gasteiger partial charge < -0.3 is 9.09 Å². The molecule has 5 aromatic heterocycles. The predicted molar refractivity (Wildman–Crippen MR) is 122 cm³/mol. The van der Waals surface area contributed by atoms with E-state index in [0.717, 1.165) is 29.4 Å². The summed E-state index contributed by atoms with van der Waals surface area (Å²) in [5.41, 5.74) is 5.74. The molecule has 8 nitrogen and oxygen atoms in total. The van der Waals surface area contributed by atoms with Crippen molar-refractivity contribution in [3.8, 4) is 22.4 Å². The molecular formula is C24H23F2N7O. The first-order chi connectivity index (χ1) is 16.2. The van der Waals surface area contributed by atoms with E-state index >= 15 is 0 Å². The lowest BCUT2D eigenvalue weighted by atomic mass is 10.1. The third kappa shape index (κ3) is 3.95. The lowest BCUT2D eigenvalue weighted by molar-refractivity contribution is 0.000604. The van der Waals surface area contributed by atoms with Gasteiger partial charge in [0.05, 0.1) is 41.1 Å². The minimum Gasteiger partial charge on any atom is -0.361 e. The van der Waals surface area contributed by atoms with E-state index in [1.807, 2.05) is 49.7 Å². The summed E-state index contributed by atoms with van der Waals surface area (Å²) in [4.78, 5) is 14.1. The Morgan fingerprint density at radius 1 is 1.12 bits per heavy atom. The van der Waals surface area contributed by atoms with Gasteiger partial charge in [0.1, 0.15) is 17.8 Å². The van der Waals surface area contributed by atoms with Gasteiger partial charge in [0.2, 0.25) is 0 Å². The van der Waals surface area contributed by atoms with Gasteiger partial charge in [-0.1, -0.05) is 11.2 Å². The highest BCUT2D eigenvalue weighted by Crippen LogP contribution is 2.34. The number of rotatable bonds is 6. The van der Waals surface area contributed by atoms with Crippen LogP contribution in [0.1, 0.15) is 37.0 Å². The largest absolute Gasteiger partial charge is 0.361 e. The second-order valence-corrected chi connectivity index (χ2v) is 8.50. The summed E-state index contributed by atoms with van der Waals surface area (Å²) in [6.07, 6.45) is 8.52. The van der Waals surface area contributed by atoms with Crippen molar-refractivity contribution in [1.29, 1.82) is 0 Å². The van der Waals surface area contributed by atoms with E-state index in [2.05, 4.69) is 15.2 Å². The van der Waals surface area contributed by atoms with Crippen LogP contribution in [0.3, 0.4) is 0 Å². The number of aryl methyl sites for hydroxylation is 2. The molecule has 0 aliphatic rings. The highest BCUT2D eigenvalue weighted by molar-refractivity contribution is 5.91. The number of alkyl halides is 2. The van der Waals surface area contributed by atoms with Gasteiger partial charge in [0, 0.05) is 36.6 Å². The molecule has 0 aliphatic heterocycles. The van der Waals surface area contributed by atoms with Gasteiger partial charge in [0.25, 0.3) is 5.92 Å². The molecule has 5 rings (SSSR count). The summed E-state index contributed by atoms with van der Waals surface area (Å²) < 4.78 is 35.6. The van der Waals surface area contributed by atoms with Gasteiger partial charge in [-0.25, -0.2) is 18.7 Å². The molecule has 5 aromatic rings. The average molecular weight is 463 g/mol. The van der Waals surface area contributed by atoms with Crippen molar-refractivity contribution in [2.45, 2.75) is 46.2 Å². The highest BCUT2D eigenvalue weighted by Gasteiger charge is 2.24. The maximum absolute atomic E-state index is 13.5. The third-order valence-corrected chi connectivity index (χ3v) is 5.73. The van der Waals surface area contributed by atoms with Crippen molar-refractivity contribution in [3.63, 3.8) is 0 Å². The van der Waals surface area contributed by atoms with Crippen molar-refractivity contribution < 1.29 is 13.3 Å². The summed E-state index contributed by atoms with van der Waals surface area (Å²) in [5, 5.41) is 8.16. The van der Waals surface area contributed by atoms with Crippen molar-refractivity contribution >= 4 is 11.2 Å². The molecule has 0 unspecified atom stereocenters. The molecule has 0 aromatic carbocycles. The van der Waals surface area contributed by atoms with Crippen LogP contribution in [0.15, 0.2) is 53.7 Å². The SMILES string of the molecule is Cc1noc(C)c1-c1cnc2c(-c3cnn(CC(C)(F)F)c3)cn([C@@H](C)c3ccccn3)c2n1. The van der Waals surface area contributed by atoms with E-state index in [1.54, 1.807) is 24.8 Å². The molecular weight excluding hydrogens is 440 g/mol. The van der Waals surface area contributed by atoms with Crippen LogP contribution in [0.5, 0.6) is 0 Å². The summed E-state index contributed by atoms with van der Waals surface area (Å²) in [6, 6.07) is 5.59.